The number of carbonyl (C=O) groups is 3. The number of hydrogen-bond donors (Lipinski definition) is 1. The Morgan fingerprint density at radius 2 is 2.11 bits per heavy atom. The van der Waals surface area contributed by atoms with Gasteiger partial charge in [-0.1, -0.05) is 0 Å². The quantitative estimate of drug-likeness (QED) is 0.657. The first-order valence-electron chi connectivity index (χ1n) is 8.84. The van der Waals surface area contributed by atoms with Crippen LogP contribution in [0.3, 0.4) is 0 Å². The first-order valence-corrected chi connectivity index (χ1v) is 9.72. The molecule has 0 atom stereocenters. The molecular weight excluding hydrogens is 370 g/mol. The molecule has 1 amide bonds. The number of thiophene rings is 1. The highest BCUT2D eigenvalue weighted by Gasteiger charge is 2.32. The van der Waals surface area contributed by atoms with E-state index >= 15 is 0 Å². The van der Waals surface area contributed by atoms with Crippen molar-refractivity contribution in [1.29, 1.82) is 0 Å². The monoisotopic (exact) mass is 391 g/mol. The summed E-state index contributed by atoms with van der Waals surface area (Å²) >= 11 is 1.28. The molecule has 2 aromatic rings. The maximum Gasteiger partial charge on any atom is 0.341 e. The van der Waals surface area contributed by atoms with Crippen LogP contribution < -0.4 is 5.32 Å². The van der Waals surface area contributed by atoms with E-state index in [9.17, 15) is 14.4 Å². The van der Waals surface area contributed by atoms with Gasteiger partial charge in [0.05, 0.1) is 24.9 Å². The molecule has 1 saturated carbocycles. The summed E-state index contributed by atoms with van der Waals surface area (Å²) in [6.07, 6.45) is 4.13. The summed E-state index contributed by atoms with van der Waals surface area (Å²) in [4.78, 5) is 36.1. The highest BCUT2D eigenvalue weighted by atomic mass is 32.1. The number of esters is 2. The SMILES string of the molecule is CCOC(=O)c1c(C2CC2)csc1NC(=O)COC(=O)CCc1ccco1. The van der Waals surface area contributed by atoms with Crippen LogP contribution in [-0.4, -0.2) is 31.1 Å². The molecule has 2 aromatic heterocycles. The minimum absolute atomic E-state index is 0.125. The number of hydrogen-bond acceptors (Lipinski definition) is 7. The van der Waals surface area contributed by atoms with Crippen molar-refractivity contribution in [2.45, 2.75) is 38.5 Å². The molecule has 1 aliphatic rings. The molecule has 27 heavy (non-hydrogen) atoms. The third-order valence-corrected chi connectivity index (χ3v) is 5.00. The molecule has 8 heteroatoms. The molecule has 2 heterocycles. The lowest BCUT2D eigenvalue weighted by Gasteiger charge is -2.08. The summed E-state index contributed by atoms with van der Waals surface area (Å²) in [6.45, 7) is 1.59. The van der Waals surface area contributed by atoms with E-state index in [4.69, 9.17) is 13.9 Å². The molecule has 0 aromatic carbocycles. The number of carbonyl (C=O) groups excluding carboxylic acids is 3. The van der Waals surface area contributed by atoms with Crippen molar-refractivity contribution in [3.8, 4) is 0 Å². The standard InChI is InChI=1S/C19H21NO6S/c1-2-24-19(23)17-14(12-5-6-12)11-27-18(17)20-15(21)10-26-16(22)8-7-13-4-3-9-25-13/h3-4,9,11-12H,2,5-8,10H2,1H3,(H,20,21). The largest absolute Gasteiger partial charge is 0.469 e. The lowest BCUT2D eigenvalue weighted by Crippen LogP contribution is -2.22. The first kappa shape index (κ1) is 19.2. The maximum atomic E-state index is 12.3. The van der Waals surface area contributed by atoms with E-state index < -0.39 is 24.5 Å². The second kappa shape index (κ2) is 8.85. The first-order chi connectivity index (χ1) is 13.1. The van der Waals surface area contributed by atoms with Crippen LogP contribution in [0.4, 0.5) is 5.00 Å². The van der Waals surface area contributed by atoms with Gasteiger partial charge in [0.15, 0.2) is 6.61 Å². The lowest BCUT2D eigenvalue weighted by molar-refractivity contribution is -0.147. The van der Waals surface area contributed by atoms with Crippen molar-refractivity contribution in [2.24, 2.45) is 0 Å². The van der Waals surface area contributed by atoms with Crippen LogP contribution in [0.15, 0.2) is 28.2 Å². The van der Waals surface area contributed by atoms with Crippen LogP contribution in [0, 0.1) is 0 Å². The molecule has 0 saturated heterocycles. The predicted octanol–water partition coefficient (Wildman–Crippen LogP) is 3.51. The second-order valence-electron chi connectivity index (χ2n) is 6.18. The Kier molecular flexibility index (Phi) is 6.28. The van der Waals surface area contributed by atoms with Gasteiger partial charge in [-0.2, -0.15) is 0 Å². The van der Waals surface area contributed by atoms with Gasteiger partial charge in [0.2, 0.25) is 0 Å². The Morgan fingerprint density at radius 1 is 1.30 bits per heavy atom. The Balaban J connectivity index is 1.52. The number of furan rings is 1. The average molecular weight is 391 g/mol. The normalized spacial score (nSPS) is 13.2. The number of ether oxygens (including phenoxy) is 2. The molecule has 0 unspecified atom stereocenters. The van der Waals surface area contributed by atoms with Crippen molar-refractivity contribution in [2.75, 3.05) is 18.5 Å². The van der Waals surface area contributed by atoms with Crippen LogP contribution in [0.25, 0.3) is 0 Å². The molecular formula is C19H21NO6S. The van der Waals surface area contributed by atoms with E-state index in [0.717, 1.165) is 18.4 Å². The minimum Gasteiger partial charge on any atom is -0.469 e. The molecule has 1 N–H and O–H groups in total. The highest BCUT2D eigenvalue weighted by molar-refractivity contribution is 7.15. The van der Waals surface area contributed by atoms with Crippen molar-refractivity contribution in [3.05, 3.63) is 40.7 Å². The van der Waals surface area contributed by atoms with Gasteiger partial charge in [-0.05, 0) is 48.8 Å². The predicted molar refractivity (Wildman–Crippen MR) is 98.9 cm³/mol. The third kappa shape index (κ3) is 5.19. The second-order valence-corrected chi connectivity index (χ2v) is 7.06. The van der Waals surface area contributed by atoms with Gasteiger partial charge in [-0.25, -0.2) is 4.79 Å². The molecule has 144 valence electrons. The smallest absolute Gasteiger partial charge is 0.341 e. The Labute approximate surface area is 160 Å². The van der Waals surface area contributed by atoms with Gasteiger partial charge >= 0.3 is 11.9 Å². The van der Waals surface area contributed by atoms with Crippen LogP contribution >= 0.6 is 11.3 Å². The van der Waals surface area contributed by atoms with Gasteiger partial charge in [-0.3, -0.25) is 9.59 Å². The summed E-state index contributed by atoms with van der Waals surface area (Å²) in [5, 5.41) is 4.98. The van der Waals surface area contributed by atoms with Crippen molar-refractivity contribution in [3.63, 3.8) is 0 Å². The van der Waals surface area contributed by atoms with Crippen molar-refractivity contribution in [1.82, 2.24) is 0 Å². The Hall–Kier alpha value is -2.61. The Bertz CT molecular complexity index is 806. The van der Waals surface area contributed by atoms with E-state index in [1.54, 1.807) is 19.1 Å². The number of nitrogens with one attached hydrogen (secondary N) is 1. The molecule has 0 bridgehead atoms. The van der Waals surface area contributed by atoms with E-state index in [0.29, 0.717) is 28.7 Å². The van der Waals surface area contributed by atoms with Crippen molar-refractivity contribution >= 4 is 34.2 Å². The average Bonchev–Trinajstić information content (AvgIpc) is 3.19. The Morgan fingerprint density at radius 3 is 2.78 bits per heavy atom. The van der Waals surface area contributed by atoms with Gasteiger partial charge in [-0.15, -0.1) is 11.3 Å². The third-order valence-electron chi connectivity index (χ3n) is 4.09. The molecule has 0 radical (unpaired) electrons. The van der Waals surface area contributed by atoms with Gasteiger partial charge in [0.25, 0.3) is 5.91 Å². The summed E-state index contributed by atoms with van der Waals surface area (Å²) in [6, 6.07) is 3.51. The van der Waals surface area contributed by atoms with Crippen LogP contribution in [0.1, 0.15) is 53.8 Å². The van der Waals surface area contributed by atoms with Crippen molar-refractivity contribution < 1.29 is 28.3 Å². The molecule has 3 rings (SSSR count). The van der Waals surface area contributed by atoms with Crippen LogP contribution in [0.5, 0.6) is 0 Å². The van der Waals surface area contributed by atoms with E-state index in [-0.39, 0.29) is 13.0 Å². The zero-order valence-electron chi connectivity index (χ0n) is 15.0. The lowest BCUT2D eigenvalue weighted by atomic mass is 10.1. The molecule has 1 fully saturated rings. The summed E-state index contributed by atoms with van der Waals surface area (Å²) in [7, 11) is 0. The fourth-order valence-electron chi connectivity index (χ4n) is 2.63. The number of anilines is 1. The summed E-state index contributed by atoms with van der Waals surface area (Å²) in [5.41, 5.74) is 1.34. The van der Waals surface area contributed by atoms with Gasteiger partial charge in [0, 0.05) is 6.42 Å². The minimum atomic E-state index is -0.490. The zero-order valence-corrected chi connectivity index (χ0v) is 15.8. The van der Waals surface area contributed by atoms with E-state index in [1.807, 2.05) is 5.38 Å². The maximum absolute atomic E-state index is 12.3. The number of amides is 1. The molecule has 0 aliphatic heterocycles. The molecule has 0 spiro atoms. The number of rotatable bonds is 9. The van der Waals surface area contributed by atoms with Gasteiger partial charge in [0.1, 0.15) is 10.8 Å². The molecule has 1 aliphatic carbocycles. The van der Waals surface area contributed by atoms with Crippen LogP contribution in [0.2, 0.25) is 0 Å². The number of aryl methyl sites for hydroxylation is 1. The highest BCUT2D eigenvalue weighted by Crippen LogP contribution is 2.46. The summed E-state index contributed by atoms with van der Waals surface area (Å²) in [5.74, 6) is -0.382. The van der Waals surface area contributed by atoms with E-state index in [1.165, 1.54) is 17.6 Å². The summed E-state index contributed by atoms with van der Waals surface area (Å²) < 4.78 is 15.2. The fraction of sp³-hybridized carbons (Fsp3) is 0.421. The van der Waals surface area contributed by atoms with E-state index in [2.05, 4.69) is 5.32 Å². The van der Waals surface area contributed by atoms with Gasteiger partial charge < -0.3 is 19.2 Å². The van der Waals surface area contributed by atoms with Crippen LogP contribution in [-0.2, 0) is 25.5 Å². The molecule has 7 nitrogen and oxygen atoms in total. The zero-order chi connectivity index (χ0) is 19.2. The fourth-order valence-corrected chi connectivity index (χ4v) is 3.68. The topological polar surface area (TPSA) is 94.8 Å².